The van der Waals surface area contributed by atoms with E-state index in [2.05, 4.69) is 77.8 Å². The lowest BCUT2D eigenvalue weighted by molar-refractivity contribution is 0.229. The third-order valence-corrected chi connectivity index (χ3v) is 4.13. The van der Waals surface area contributed by atoms with Gasteiger partial charge in [-0.05, 0) is 36.6 Å². The van der Waals surface area contributed by atoms with Gasteiger partial charge in [0.05, 0.1) is 0 Å². The van der Waals surface area contributed by atoms with E-state index in [1.54, 1.807) is 0 Å². The third kappa shape index (κ3) is 7.26. The van der Waals surface area contributed by atoms with Gasteiger partial charge in [0.15, 0.2) is 0 Å². The molecule has 2 aromatic carbocycles. The number of hydrogen-bond donors (Lipinski definition) is 2. The molecule has 130 valence electrons. The molecule has 0 fully saturated rings. The Labute approximate surface area is 146 Å². The first-order valence-electron chi connectivity index (χ1n) is 8.89. The fourth-order valence-corrected chi connectivity index (χ4v) is 2.74. The van der Waals surface area contributed by atoms with Gasteiger partial charge < -0.3 is 10.4 Å². The number of nitrogens with one attached hydrogen (secondary N) is 1. The zero-order valence-corrected chi connectivity index (χ0v) is 14.7. The van der Waals surface area contributed by atoms with Crippen LogP contribution < -0.4 is 5.32 Å². The summed E-state index contributed by atoms with van der Waals surface area (Å²) in [5.41, 5.74) is 2.71. The van der Waals surface area contributed by atoms with Gasteiger partial charge in [0, 0.05) is 26.2 Å². The van der Waals surface area contributed by atoms with Crippen molar-refractivity contribution in [2.24, 2.45) is 5.92 Å². The number of aliphatic hydroxyl groups excluding tert-OH is 1. The van der Waals surface area contributed by atoms with Gasteiger partial charge in [-0.15, -0.1) is 0 Å². The quantitative estimate of drug-likeness (QED) is 0.622. The fourth-order valence-electron chi connectivity index (χ4n) is 2.74. The van der Waals surface area contributed by atoms with Crippen LogP contribution in [-0.4, -0.2) is 36.2 Å². The Hall–Kier alpha value is -1.68. The Bertz CT molecular complexity index is 503. The molecule has 3 nitrogen and oxygen atoms in total. The summed E-state index contributed by atoms with van der Waals surface area (Å²) in [4.78, 5) is 2.50. The first kappa shape index (κ1) is 18.7. The monoisotopic (exact) mass is 326 g/mol. The van der Waals surface area contributed by atoms with Gasteiger partial charge in [-0.1, -0.05) is 67.6 Å². The highest BCUT2D eigenvalue weighted by Crippen LogP contribution is 2.10. The van der Waals surface area contributed by atoms with Crippen molar-refractivity contribution in [3.05, 3.63) is 71.8 Å². The number of nitrogens with zero attached hydrogens (tertiary/aromatic N) is 1. The van der Waals surface area contributed by atoms with Crippen LogP contribution in [0, 0.1) is 5.92 Å². The van der Waals surface area contributed by atoms with Gasteiger partial charge >= 0.3 is 0 Å². The van der Waals surface area contributed by atoms with Gasteiger partial charge in [0.1, 0.15) is 0 Å². The Balaban J connectivity index is 1.83. The van der Waals surface area contributed by atoms with Crippen molar-refractivity contribution in [1.29, 1.82) is 0 Å². The van der Waals surface area contributed by atoms with E-state index in [9.17, 15) is 0 Å². The summed E-state index contributed by atoms with van der Waals surface area (Å²) < 4.78 is 0. The Morgan fingerprint density at radius 2 is 1.46 bits per heavy atom. The zero-order chi connectivity index (χ0) is 17.0. The van der Waals surface area contributed by atoms with Gasteiger partial charge in [0.25, 0.3) is 0 Å². The van der Waals surface area contributed by atoms with Gasteiger partial charge in [-0.25, -0.2) is 0 Å². The molecule has 2 rings (SSSR count). The molecule has 0 aliphatic carbocycles. The highest BCUT2D eigenvalue weighted by atomic mass is 16.3. The molecule has 0 amide bonds. The first-order chi connectivity index (χ1) is 11.8. The van der Waals surface area contributed by atoms with E-state index in [4.69, 9.17) is 5.11 Å². The number of benzene rings is 2. The molecule has 2 aromatic rings. The van der Waals surface area contributed by atoms with Crippen molar-refractivity contribution in [3.63, 3.8) is 0 Å². The molecule has 0 heterocycles. The van der Waals surface area contributed by atoms with Crippen molar-refractivity contribution in [2.45, 2.75) is 26.4 Å². The van der Waals surface area contributed by atoms with Crippen molar-refractivity contribution < 1.29 is 5.11 Å². The molecule has 0 bridgehead atoms. The molecule has 0 aromatic heterocycles. The van der Waals surface area contributed by atoms with Crippen LogP contribution in [-0.2, 0) is 13.1 Å². The van der Waals surface area contributed by atoms with Crippen LogP contribution in [0.4, 0.5) is 0 Å². The topological polar surface area (TPSA) is 35.5 Å². The van der Waals surface area contributed by atoms with Gasteiger partial charge in [-0.3, -0.25) is 4.90 Å². The van der Waals surface area contributed by atoms with E-state index in [1.165, 1.54) is 11.1 Å². The minimum atomic E-state index is 0.251. The third-order valence-electron chi connectivity index (χ3n) is 4.13. The van der Waals surface area contributed by atoms with E-state index in [0.717, 1.165) is 39.1 Å². The maximum absolute atomic E-state index is 9.06. The Kier molecular flexibility index (Phi) is 8.53. The number of aliphatic hydroxyl groups is 1. The standard InChI is InChI=1S/C21H30N2O/c1-19(18-24)15-22-13-8-14-23(16-20-9-4-2-5-10-20)17-21-11-6-3-7-12-21/h2-7,9-12,19,22,24H,8,13-18H2,1H3. The molecule has 1 atom stereocenters. The highest BCUT2D eigenvalue weighted by molar-refractivity contribution is 5.17. The van der Waals surface area contributed by atoms with Crippen molar-refractivity contribution in [1.82, 2.24) is 10.2 Å². The molecule has 0 spiro atoms. The average molecular weight is 326 g/mol. The molecule has 3 heteroatoms. The summed E-state index contributed by atoms with van der Waals surface area (Å²) in [7, 11) is 0. The lowest BCUT2D eigenvalue weighted by atomic mass is 10.1. The minimum Gasteiger partial charge on any atom is -0.396 e. The normalized spacial score (nSPS) is 12.5. The van der Waals surface area contributed by atoms with Crippen LogP contribution in [0.25, 0.3) is 0 Å². The summed E-state index contributed by atoms with van der Waals surface area (Å²) in [5, 5.41) is 12.5. The van der Waals surface area contributed by atoms with Crippen LogP contribution in [0.1, 0.15) is 24.5 Å². The molecule has 0 aliphatic rings. The maximum atomic E-state index is 9.06. The lowest BCUT2D eigenvalue weighted by Gasteiger charge is -2.23. The van der Waals surface area contributed by atoms with Crippen LogP contribution in [0.2, 0.25) is 0 Å². The maximum Gasteiger partial charge on any atom is 0.0468 e. The van der Waals surface area contributed by atoms with Crippen LogP contribution in [0.3, 0.4) is 0 Å². The number of hydrogen-bond acceptors (Lipinski definition) is 3. The SMILES string of the molecule is CC(CO)CNCCCN(Cc1ccccc1)Cc1ccccc1. The number of rotatable bonds is 11. The summed E-state index contributed by atoms with van der Waals surface area (Å²) in [6.07, 6.45) is 1.11. The second-order valence-corrected chi connectivity index (χ2v) is 6.53. The van der Waals surface area contributed by atoms with Crippen LogP contribution >= 0.6 is 0 Å². The molecular formula is C21H30N2O. The van der Waals surface area contributed by atoms with Crippen LogP contribution in [0.5, 0.6) is 0 Å². The molecule has 0 aliphatic heterocycles. The molecule has 1 unspecified atom stereocenters. The minimum absolute atomic E-state index is 0.251. The van der Waals surface area contributed by atoms with E-state index in [-0.39, 0.29) is 6.61 Å². The van der Waals surface area contributed by atoms with Gasteiger partial charge in [0.2, 0.25) is 0 Å². The second kappa shape index (κ2) is 11.0. The average Bonchev–Trinajstić information content (AvgIpc) is 2.62. The predicted molar refractivity (Wildman–Crippen MR) is 101 cm³/mol. The Morgan fingerprint density at radius 1 is 0.917 bits per heavy atom. The van der Waals surface area contributed by atoms with Gasteiger partial charge in [-0.2, -0.15) is 0 Å². The van der Waals surface area contributed by atoms with E-state index < -0.39 is 0 Å². The van der Waals surface area contributed by atoms with E-state index >= 15 is 0 Å². The van der Waals surface area contributed by atoms with Crippen LogP contribution in [0.15, 0.2) is 60.7 Å². The van der Waals surface area contributed by atoms with Crippen molar-refractivity contribution in [3.8, 4) is 0 Å². The summed E-state index contributed by atoms with van der Waals surface area (Å²) in [6, 6.07) is 21.3. The first-order valence-corrected chi connectivity index (χ1v) is 8.89. The molecule has 0 saturated heterocycles. The van der Waals surface area contributed by atoms with E-state index in [0.29, 0.717) is 5.92 Å². The molecule has 0 saturated carbocycles. The highest BCUT2D eigenvalue weighted by Gasteiger charge is 2.07. The van der Waals surface area contributed by atoms with Crippen molar-refractivity contribution >= 4 is 0 Å². The fraction of sp³-hybridized carbons (Fsp3) is 0.429. The summed E-state index contributed by atoms with van der Waals surface area (Å²) in [6.45, 7) is 7.19. The molecule has 2 N–H and O–H groups in total. The zero-order valence-electron chi connectivity index (χ0n) is 14.7. The van der Waals surface area contributed by atoms with E-state index in [1.807, 2.05) is 0 Å². The molecule has 24 heavy (non-hydrogen) atoms. The molecule has 0 radical (unpaired) electrons. The predicted octanol–water partition coefficient (Wildman–Crippen LogP) is 3.30. The second-order valence-electron chi connectivity index (χ2n) is 6.53. The Morgan fingerprint density at radius 3 is 1.96 bits per heavy atom. The lowest BCUT2D eigenvalue weighted by Crippen LogP contribution is -2.29. The smallest absolute Gasteiger partial charge is 0.0468 e. The molecular weight excluding hydrogens is 296 g/mol. The van der Waals surface area contributed by atoms with Crippen molar-refractivity contribution in [2.75, 3.05) is 26.2 Å². The summed E-state index contributed by atoms with van der Waals surface area (Å²) in [5.74, 6) is 0.328. The summed E-state index contributed by atoms with van der Waals surface area (Å²) >= 11 is 0. The largest absolute Gasteiger partial charge is 0.396 e.